The molecule has 0 amide bonds. The minimum absolute atomic E-state index is 0.0884. The van der Waals surface area contributed by atoms with Gasteiger partial charge in [-0.25, -0.2) is 0 Å². The third-order valence-corrected chi connectivity index (χ3v) is 6.19. The molecule has 2 rings (SSSR count). The van der Waals surface area contributed by atoms with Crippen LogP contribution >= 0.6 is 0 Å². The first-order valence-corrected chi connectivity index (χ1v) is 7.25. The highest BCUT2D eigenvalue weighted by molar-refractivity contribution is 5.73. The Hall–Kier alpha value is -0.570. The quantitative estimate of drug-likeness (QED) is 0.783. The summed E-state index contributed by atoms with van der Waals surface area (Å²) in [6.07, 6.45) is 3.68. The summed E-state index contributed by atoms with van der Waals surface area (Å²) in [4.78, 5) is 12.1. The summed E-state index contributed by atoms with van der Waals surface area (Å²) >= 11 is 0. The largest absolute Gasteiger partial charge is 0.466 e. The van der Waals surface area contributed by atoms with Crippen molar-refractivity contribution in [2.45, 2.75) is 47.0 Å². The molecule has 0 heterocycles. The van der Waals surface area contributed by atoms with E-state index in [-0.39, 0.29) is 17.3 Å². The monoisotopic (exact) mass is 253 g/mol. The lowest BCUT2D eigenvalue weighted by atomic mass is 9.63. The van der Waals surface area contributed by atoms with E-state index >= 15 is 0 Å². The van der Waals surface area contributed by atoms with Gasteiger partial charge in [0, 0.05) is 6.54 Å². The molecule has 0 aromatic rings. The van der Waals surface area contributed by atoms with Gasteiger partial charge in [-0.05, 0) is 48.9 Å². The average Bonchev–Trinajstić information content (AvgIpc) is 2.63. The van der Waals surface area contributed by atoms with Crippen LogP contribution in [0.5, 0.6) is 0 Å². The lowest BCUT2D eigenvalue weighted by Crippen LogP contribution is -2.42. The Balaban J connectivity index is 2.22. The van der Waals surface area contributed by atoms with E-state index < -0.39 is 0 Å². The summed E-state index contributed by atoms with van der Waals surface area (Å²) in [6.45, 7) is 9.81. The Morgan fingerprint density at radius 1 is 1.44 bits per heavy atom. The first-order chi connectivity index (χ1) is 8.38. The molecule has 0 aliphatic heterocycles. The smallest absolute Gasteiger partial charge is 0.310 e. The summed E-state index contributed by atoms with van der Waals surface area (Å²) in [5.41, 5.74) is 6.44. The van der Waals surface area contributed by atoms with E-state index in [4.69, 9.17) is 10.5 Å². The molecule has 0 radical (unpaired) electrons. The molecule has 2 aliphatic rings. The van der Waals surface area contributed by atoms with Crippen molar-refractivity contribution >= 4 is 5.97 Å². The third-order valence-electron chi connectivity index (χ3n) is 6.19. The molecule has 2 aliphatic carbocycles. The van der Waals surface area contributed by atoms with Crippen LogP contribution in [-0.4, -0.2) is 19.1 Å². The van der Waals surface area contributed by atoms with Crippen LogP contribution < -0.4 is 5.73 Å². The maximum atomic E-state index is 12.1. The first-order valence-electron chi connectivity index (χ1n) is 7.25. The number of carbonyl (C=O) groups is 1. The molecular weight excluding hydrogens is 226 g/mol. The number of nitrogens with two attached hydrogens (primary N) is 1. The van der Waals surface area contributed by atoms with Crippen molar-refractivity contribution in [2.24, 2.45) is 34.3 Å². The fourth-order valence-electron chi connectivity index (χ4n) is 4.55. The van der Waals surface area contributed by atoms with Gasteiger partial charge >= 0.3 is 5.97 Å². The molecule has 0 aromatic carbocycles. The SMILES string of the molecule is CCOC(=O)[C@H](CN)[C@H]1C[C@H]2CC[C@@]1(C)C2(C)C. The van der Waals surface area contributed by atoms with Gasteiger partial charge in [0.1, 0.15) is 0 Å². The Morgan fingerprint density at radius 3 is 2.50 bits per heavy atom. The van der Waals surface area contributed by atoms with E-state index in [0.717, 1.165) is 12.3 Å². The normalized spacial score (nSPS) is 38.7. The fourth-order valence-corrected chi connectivity index (χ4v) is 4.55. The summed E-state index contributed by atoms with van der Waals surface area (Å²) in [5, 5.41) is 0. The Morgan fingerprint density at radius 2 is 2.11 bits per heavy atom. The number of carbonyl (C=O) groups excluding carboxylic acids is 1. The second kappa shape index (κ2) is 4.52. The minimum Gasteiger partial charge on any atom is -0.466 e. The molecule has 2 fully saturated rings. The van der Waals surface area contributed by atoms with Crippen molar-refractivity contribution < 1.29 is 9.53 Å². The van der Waals surface area contributed by atoms with E-state index in [1.807, 2.05) is 6.92 Å². The van der Waals surface area contributed by atoms with Gasteiger partial charge in [0.15, 0.2) is 0 Å². The van der Waals surface area contributed by atoms with Gasteiger partial charge in [-0.1, -0.05) is 20.8 Å². The van der Waals surface area contributed by atoms with Crippen LogP contribution in [0.4, 0.5) is 0 Å². The maximum absolute atomic E-state index is 12.1. The van der Waals surface area contributed by atoms with Crippen LogP contribution in [0.25, 0.3) is 0 Å². The number of hydrogen-bond donors (Lipinski definition) is 1. The van der Waals surface area contributed by atoms with Gasteiger partial charge in [0.2, 0.25) is 0 Å². The van der Waals surface area contributed by atoms with Gasteiger partial charge in [-0.2, -0.15) is 0 Å². The molecule has 2 saturated carbocycles. The second-order valence-corrected chi connectivity index (χ2v) is 6.81. The van der Waals surface area contributed by atoms with E-state index in [2.05, 4.69) is 20.8 Å². The predicted molar refractivity (Wildman–Crippen MR) is 71.9 cm³/mol. The van der Waals surface area contributed by atoms with Crippen LogP contribution in [0.2, 0.25) is 0 Å². The molecule has 0 unspecified atom stereocenters. The van der Waals surface area contributed by atoms with Crippen LogP contribution in [0.15, 0.2) is 0 Å². The number of esters is 1. The highest BCUT2D eigenvalue weighted by Crippen LogP contribution is 2.69. The van der Waals surface area contributed by atoms with Gasteiger partial charge in [0.25, 0.3) is 0 Å². The average molecular weight is 253 g/mol. The molecule has 4 atom stereocenters. The van der Waals surface area contributed by atoms with E-state index in [9.17, 15) is 4.79 Å². The molecule has 0 aromatic heterocycles. The number of fused-ring (bicyclic) bond motifs is 2. The zero-order valence-corrected chi connectivity index (χ0v) is 12.2. The van der Waals surface area contributed by atoms with Crippen LogP contribution in [0.1, 0.15) is 47.0 Å². The molecule has 3 heteroatoms. The van der Waals surface area contributed by atoms with Crippen molar-refractivity contribution in [2.75, 3.05) is 13.2 Å². The molecule has 0 saturated heterocycles. The summed E-state index contributed by atoms with van der Waals surface area (Å²) in [6, 6.07) is 0. The van der Waals surface area contributed by atoms with Crippen LogP contribution in [0, 0.1) is 28.6 Å². The van der Waals surface area contributed by atoms with Gasteiger partial charge in [0.05, 0.1) is 12.5 Å². The van der Waals surface area contributed by atoms with Crippen molar-refractivity contribution in [3.05, 3.63) is 0 Å². The number of hydrogen-bond acceptors (Lipinski definition) is 3. The predicted octanol–water partition coefficient (Wildman–Crippen LogP) is 2.59. The Bertz CT molecular complexity index is 339. The zero-order valence-electron chi connectivity index (χ0n) is 12.2. The van der Waals surface area contributed by atoms with Gasteiger partial charge in [-0.15, -0.1) is 0 Å². The fraction of sp³-hybridized carbons (Fsp3) is 0.933. The second-order valence-electron chi connectivity index (χ2n) is 6.81. The van der Waals surface area contributed by atoms with E-state index in [1.54, 1.807) is 0 Å². The standard InChI is InChI=1S/C15H27NO2/c1-5-18-13(17)11(9-16)12-8-10-6-7-15(12,4)14(10,2)3/h10-12H,5-9,16H2,1-4H3/t10-,11-,12-,15-/m1/s1. The molecular formula is C15H27NO2. The van der Waals surface area contributed by atoms with Crippen molar-refractivity contribution in [1.29, 1.82) is 0 Å². The third kappa shape index (κ3) is 1.70. The lowest BCUT2D eigenvalue weighted by Gasteiger charge is -2.41. The molecule has 2 bridgehead atoms. The van der Waals surface area contributed by atoms with Crippen LogP contribution in [0.3, 0.4) is 0 Å². The minimum atomic E-state index is -0.112. The molecule has 18 heavy (non-hydrogen) atoms. The van der Waals surface area contributed by atoms with E-state index in [1.165, 1.54) is 12.8 Å². The highest BCUT2D eigenvalue weighted by Gasteiger charge is 2.63. The van der Waals surface area contributed by atoms with Crippen molar-refractivity contribution in [1.82, 2.24) is 0 Å². The first kappa shape index (κ1) is 13.9. The molecule has 104 valence electrons. The van der Waals surface area contributed by atoms with Crippen molar-refractivity contribution in [3.8, 4) is 0 Å². The van der Waals surface area contributed by atoms with Crippen molar-refractivity contribution in [3.63, 3.8) is 0 Å². The summed E-state index contributed by atoms with van der Waals surface area (Å²) < 4.78 is 5.21. The molecule has 3 nitrogen and oxygen atoms in total. The number of rotatable bonds is 4. The Kier molecular flexibility index (Phi) is 3.48. The van der Waals surface area contributed by atoms with Crippen LogP contribution in [-0.2, 0) is 9.53 Å². The zero-order chi connectivity index (χ0) is 13.6. The summed E-state index contributed by atoms with van der Waals surface area (Å²) in [7, 11) is 0. The van der Waals surface area contributed by atoms with Gasteiger partial charge < -0.3 is 10.5 Å². The van der Waals surface area contributed by atoms with Gasteiger partial charge in [-0.3, -0.25) is 4.79 Å². The number of ether oxygens (including phenoxy) is 1. The molecule has 2 N–H and O–H groups in total. The topological polar surface area (TPSA) is 52.3 Å². The Labute approximate surface area is 110 Å². The highest BCUT2D eigenvalue weighted by atomic mass is 16.5. The summed E-state index contributed by atoms with van der Waals surface area (Å²) in [5.74, 6) is 0.945. The molecule has 0 spiro atoms. The van der Waals surface area contributed by atoms with E-state index in [0.29, 0.717) is 24.5 Å². The lowest BCUT2D eigenvalue weighted by molar-refractivity contribution is -0.152. The maximum Gasteiger partial charge on any atom is 0.310 e.